The van der Waals surface area contributed by atoms with Crippen molar-refractivity contribution in [3.63, 3.8) is 0 Å². The summed E-state index contributed by atoms with van der Waals surface area (Å²) < 4.78 is 41.4. The van der Waals surface area contributed by atoms with Crippen LogP contribution in [0.15, 0.2) is 87.5 Å². The van der Waals surface area contributed by atoms with E-state index in [9.17, 15) is 22.7 Å². The number of halogens is 1. The zero-order chi connectivity index (χ0) is 25.9. The molecule has 2 heterocycles. The highest BCUT2D eigenvalue weighted by molar-refractivity contribution is 7.91. The molecule has 0 unspecified atom stereocenters. The molecule has 9 heteroatoms. The lowest BCUT2D eigenvalue weighted by Crippen LogP contribution is -2.30. The molecule has 0 amide bonds. The fourth-order valence-electron chi connectivity index (χ4n) is 3.83. The first-order valence-corrected chi connectivity index (χ1v) is 13.0. The number of pyridine rings is 1. The molecule has 2 aromatic carbocycles. The van der Waals surface area contributed by atoms with Crippen LogP contribution in [0.4, 0.5) is 4.39 Å². The minimum absolute atomic E-state index is 0.124. The van der Waals surface area contributed by atoms with Crippen molar-refractivity contribution in [3.05, 3.63) is 101 Å². The number of hydrogen-bond donors (Lipinski definition) is 1. The van der Waals surface area contributed by atoms with Gasteiger partial charge in [0.2, 0.25) is 21.7 Å². The van der Waals surface area contributed by atoms with E-state index >= 15 is 0 Å². The zero-order valence-corrected chi connectivity index (χ0v) is 20.7. The highest BCUT2D eigenvalue weighted by Crippen LogP contribution is 2.27. The molecule has 186 valence electrons. The number of nitrogens with zero attached hydrogens (tertiary/aromatic N) is 3. The third kappa shape index (κ3) is 5.36. The molecule has 0 fully saturated rings. The van der Waals surface area contributed by atoms with Crippen LogP contribution in [0.25, 0.3) is 11.1 Å². The molecule has 0 aliphatic heterocycles. The van der Waals surface area contributed by atoms with E-state index in [1.54, 1.807) is 0 Å². The quantitative estimate of drug-likeness (QED) is 0.349. The Kier molecular flexibility index (Phi) is 7.30. The molecule has 1 N–H and O–H groups in total. The van der Waals surface area contributed by atoms with Crippen molar-refractivity contribution in [3.8, 4) is 17.0 Å². The molecule has 0 saturated heterocycles. The Morgan fingerprint density at radius 1 is 0.972 bits per heavy atom. The maximum absolute atomic E-state index is 13.5. The van der Waals surface area contributed by atoms with Crippen LogP contribution >= 0.6 is 0 Å². The molecular formula is C27H26FN3O4S. The molecule has 0 aliphatic carbocycles. The first-order chi connectivity index (χ1) is 17.2. The molecule has 0 bridgehead atoms. The third-order valence-corrected chi connectivity index (χ3v) is 7.60. The Hall–Kier alpha value is -3.85. The number of hydrogen-bond acceptors (Lipinski definition) is 6. The van der Waals surface area contributed by atoms with E-state index in [4.69, 9.17) is 0 Å². The zero-order valence-electron chi connectivity index (χ0n) is 19.9. The number of rotatable bonds is 8. The van der Waals surface area contributed by atoms with Gasteiger partial charge in [0, 0.05) is 18.2 Å². The van der Waals surface area contributed by atoms with E-state index in [1.807, 2.05) is 44.2 Å². The molecule has 7 nitrogen and oxygen atoms in total. The Morgan fingerprint density at radius 3 is 2.25 bits per heavy atom. The lowest BCUT2D eigenvalue weighted by Gasteiger charge is -2.16. The van der Waals surface area contributed by atoms with Crippen LogP contribution in [0, 0.1) is 11.9 Å². The van der Waals surface area contributed by atoms with E-state index in [-0.39, 0.29) is 11.4 Å². The number of sulfone groups is 1. The van der Waals surface area contributed by atoms with Crippen molar-refractivity contribution in [1.82, 2.24) is 14.5 Å². The van der Waals surface area contributed by atoms with Crippen molar-refractivity contribution in [1.29, 1.82) is 0 Å². The van der Waals surface area contributed by atoms with Gasteiger partial charge in [-0.05, 0) is 47.7 Å². The first-order valence-electron chi connectivity index (χ1n) is 11.5. The van der Waals surface area contributed by atoms with Crippen LogP contribution in [-0.4, -0.2) is 28.1 Å². The largest absolute Gasteiger partial charge is 0.492 e. The van der Waals surface area contributed by atoms with E-state index in [1.165, 1.54) is 47.2 Å². The molecule has 0 spiro atoms. The summed E-state index contributed by atoms with van der Waals surface area (Å²) in [6.45, 7) is 4.19. The fraction of sp³-hybridized carbons (Fsp3) is 0.222. The number of aromatic hydroxyl groups is 1. The summed E-state index contributed by atoms with van der Waals surface area (Å²) in [5.74, 6) is -0.778. The molecular weight excluding hydrogens is 481 g/mol. The second-order valence-corrected chi connectivity index (χ2v) is 10.8. The van der Waals surface area contributed by atoms with Crippen LogP contribution in [0.5, 0.6) is 5.88 Å². The normalized spacial score (nSPS) is 11.7. The fourth-order valence-corrected chi connectivity index (χ4v) is 5.19. The van der Waals surface area contributed by atoms with Crippen molar-refractivity contribution < 1.29 is 17.9 Å². The Morgan fingerprint density at radius 2 is 1.64 bits per heavy atom. The van der Waals surface area contributed by atoms with Gasteiger partial charge in [-0.2, -0.15) is 9.37 Å². The van der Waals surface area contributed by atoms with Crippen LogP contribution in [-0.2, 0) is 22.8 Å². The van der Waals surface area contributed by atoms with Gasteiger partial charge in [0.15, 0.2) is 4.90 Å². The van der Waals surface area contributed by atoms with E-state index in [0.29, 0.717) is 35.7 Å². The van der Waals surface area contributed by atoms with Crippen molar-refractivity contribution >= 4 is 9.84 Å². The predicted molar refractivity (Wildman–Crippen MR) is 134 cm³/mol. The Balaban J connectivity index is 1.78. The Labute approximate surface area is 208 Å². The van der Waals surface area contributed by atoms with Crippen LogP contribution in [0.2, 0.25) is 0 Å². The lowest BCUT2D eigenvalue weighted by molar-refractivity contribution is 0.417. The summed E-state index contributed by atoms with van der Waals surface area (Å²) in [5.41, 5.74) is 1.20. The molecule has 2 aromatic heterocycles. The predicted octanol–water partition coefficient (Wildman–Crippen LogP) is 4.62. The molecule has 0 saturated carbocycles. The van der Waals surface area contributed by atoms with Gasteiger partial charge in [-0.15, -0.1) is 0 Å². The lowest BCUT2D eigenvalue weighted by atomic mass is 10.1. The van der Waals surface area contributed by atoms with Crippen molar-refractivity contribution in [2.24, 2.45) is 5.92 Å². The maximum atomic E-state index is 13.5. The smallest absolute Gasteiger partial charge is 0.277 e. The molecule has 0 atom stereocenters. The van der Waals surface area contributed by atoms with Gasteiger partial charge in [-0.25, -0.2) is 13.4 Å². The van der Waals surface area contributed by atoms with Crippen LogP contribution in [0.1, 0.15) is 31.7 Å². The highest BCUT2D eigenvalue weighted by Gasteiger charge is 2.29. The third-order valence-electron chi connectivity index (χ3n) is 5.81. The SMILES string of the molecule is CC(C)CCc1nc(O)c(S(=O)(=O)c2ccc(-c3ccc(F)nc3)cc2)c(=O)n1Cc1ccccc1. The molecule has 4 aromatic rings. The second-order valence-electron chi connectivity index (χ2n) is 8.89. The topological polar surface area (TPSA) is 102 Å². The summed E-state index contributed by atoms with van der Waals surface area (Å²) in [6.07, 6.45) is 2.47. The monoisotopic (exact) mass is 507 g/mol. The first kappa shape index (κ1) is 25.2. The van der Waals surface area contributed by atoms with Gasteiger partial charge in [0.1, 0.15) is 5.82 Å². The summed E-state index contributed by atoms with van der Waals surface area (Å²) >= 11 is 0. The summed E-state index contributed by atoms with van der Waals surface area (Å²) in [5, 5.41) is 10.6. The van der Waals surface area contributed by atoms with Crippen LogP contribution < -0.4 is 5.56 Å². The van der Waals surface area contributed by atoms with Crippen molar-refractivity contribution in [2.75, 3.05) is 0 Å². The highest BCUT2D eigenvalue weighted by atomic mass is 32.2. The van der Waals surface area contributed by atoms with Crippen molar-refractivity contribution in [2.45, 2.75) is 43.0 Å². The molecule has 0 aliphatic rings. The molecule has 36 heavy (non-hydrogen) atoms. The summed E-state index contributed by atoms with van der Waals surface area (Å²) in [7, 11) is -4.39. The van der Waals surface area contributed by atoms with Gasteiger partial charge in [-0.3, -0.25) is 9.36 Å². The minimum Gasteiger partial charge on any atom is -0.492 e. The van der Waals surface area contributed by atoms with E-state index in [0.717, 1.165) is 5.56 Å². The maximum Gasteiger partial charge on any atom is 0.277 e. The minimum atomic E-state index is -4.39. The van der Waals surface area contributed by atoms with E-state index < -0.39 is 32.1 Å². The van der Waals surface area contributed by atoms with Gasteiger partial charge in [0.25, 0.3) is 5.56 Å². The van der Waals surface area contributed by atoms with Gasteiger partial charge < -0.3 is 5.11 Å². The standard InChI is InChI=1S/C27H26FN3O4S/c1-18(2)8-15-24-30-26(32)25(27(33)31(24)17-19-6-4-3-5-7-19)36(34,35)22-12-9-20(10-13-22)21-11-14-23(28)29-16-21/h3-7,9-14,16,18,32H,8,15,17H2,1-2H3. The van der Waals surface area contributed by atoms with E-state index in [2.05, 4.69) is 9.97 Å². The number of benzene rings is 2. The average molecular weight is 508 g/mol. The second kappa shape index (κ2) is 10.4. The average Bonchev–Trinajstić information content (AvgIpc) is 2.85. The van der Waals surface area contributed by atoms with Gasteiger partial charge in [0.05, 0.1) is 11.4 Å². The van der Waals surface area contributed by atoms with Gasteiger partial charge >= 0.3 is 0 Å². The molecule has 0 radical (unpaired) electrons. The number of aryl methyl sites for hydroxylation is 1. The molecule has 4 rings (SSSR count). The summed E-state index contributed by atoms with van der Waals surface area (Å²) in [6, 6.07) is 17.7. The van der Waals surface area contributed by atoms with Crippen LogP contribution in [0.3, 0.4) is 0 Å². The summed E-state index contributed by atoms with van der Waals surface area (Å²) in [4.78, 5) is 20.4. The van der Waals surface area contributed by atoms with Gasteiger partial charge in [-0.1, -0.05) is 56.3 Å². The number of aromatic nitrogens is 3. The Bertz CT molecular complexity index is 1520.